The topological polar surface area (TPSA) is 61.6 Å². The zero-order valence-corrected chi connectivity index (χ0v) is 21.4. The van der Waals surface area contributed by atoms with Crippen molar-refractivity contribution >= 4 is 11.8 Å². The normalized spacial score (nSPS) is 15.9. The van der Waals surface area contributed by atoms with E-state index in [-0.39, 0.29) is 17.8 Å². The summed E-state index contributed by atoms with van der Waals surface area (Å²) in [4.78, 5) is 17.0. The van der Waals surface area contributed by atoms with Gasteiger partial charge in [0.25, 0.3) is 0 Å². The lowest BCUT2D eigenvalue weighted by Crippen LogP contribution is -2.54. The molecule has 186 valence electrons. The number of hydrogen-bond donors (Lipinski definition) is 1. The minimum absolute atomic E-state index is 0.0896. The SMILES string of the molecule is C=C(O)c1ccn(C(=O)N2CCN(Cc3ccc(C)c(CCC)c3)CC2C)n1.Cc1ccccc1. The van der Waals surface area contributed by atoms with Crippen LogP contribution in [0.4, 0.5) is 4.79 Å². The van der Waals surface area contributed by atoms with Gasteiger partial charge in [-0.05, 0) is 49.9 Å². The molecule has 0 radical (unpaired) electrons. The Morgan fingerprint density at radius 1 is 1.11 bits per heavy atom. The third-order valence-corrected chi connectivity index (χ3v) is 6.32. The molecule has 3 aromatic rings. The largest absolute Gasteiger partial charge is 0.506 e. The van der Waals surface area contributed by atoms with Gasteiger partial charge in [0, 0.05) is 38.4 Å². The molecule has 1 aliphatic rings. The Bertz CT molecular complexity index is 1120. The third-order valence-electron chi connectivity index (χ3n) is 6.32. The van der Waals surface area contributed by atoms with E-state index in [1.165, 1.54) is 26.9 Å². The first-order valence-electron chi connectivity index (χ1n) is 12.4. The maximum atomic E-state index is 12.8. The van der Waals surface area contributed by atoms with Crippen LogP contribution in [0.3, 0.4) is 0 Å². The summed E-state index contributed by atoms with van der Waals surface area (Å²) >= 11 is 0. The number of carbonyl (C=O) groups excluding carboxylic acids is 1. The van der Waals surface area contributed by atoms with E-state index in [4.69, 9.17) is 0 Å². The molecular weight excluding hydrogens is 436 g/mol. The van der Waals surface area contributed by atoms with Gasteiger partial charge in [0.2, 0.25) is 0 Å². The quantitative estimate of drug-likeness (QED) is 0.472. The van der Waals surface area contributed by atoms with Crippen LogP contribution in [-0.2, 0) is 13.0 Å². The molecule has 1 unspecified atom stereocenters. The second-order valence-electron chi connectivity index (χ2n) is 9.32. The molecule has 2 aromatic carbocycles. The van der Waals surface area contributed by atoms with Crippen molar-refractivity contribution in [3.05, 3.63) is 95.3 Å². The number of carbonyl (C=O) groups is 1. The molecule has 2 heterocycles. The second-order valence-corrected chi connectivity index (χ2v) is 9.32. The average Bonchev–Trinajstić information content (AvgIpc) is 3.33. The Morgan fingerprint density at radius 3 is 2.43 bits per heavy atom. The summed E-state index contributed by atoms with van der Waals surface area (Å²) in [5.41, 5.74) is 5.77. The molecule has 6 nitrogen and oxygen atoms in total. The van der Waals surface area contributed by atoms with Gasteiger partial charge in [-0.1, -0.05) is 74.0 Å². The summed E-state index contributed by atoms with van der Waals surface area (Å²) in [6.45, 7) is 15.2. The van der Waals surface area contributed by atoms with Crippen LogP contribution >= 0.6 is 0 Å². The van der Waals surface area contributed by atoms with Crippen molar-refractivity contribution in [1.29, 1.82) is 0 Å². The summed E-state index contributed by atoms with van der Waals surface area (Å²) in [6, 6.07) is 18.5. The molecule has 0 aliphatic carbocycles. The lowest BCUT2D eigenvalue weighted by atomic mass is 10.0. The maximum Gasteiger partial charge on any atom is 0.344 e. The molecule has 1 fully saturated rings. The number of amides is 1. The Labute approximate surface area is 209 Å². The van der Waals surface area contributed by atoms with Crippen LogP contribution in [0.15, 0.2) is 67.4 Å². The Kier molecular flexibility index (Phi) is 9.26. The summed E-state index contributed by atoms with van der Waals surface area (Å²) in [7, 11) is 0. The van der Waals surface area contributed by atoms with Gasteiger partial charge < -0.3 is 10.0 Å². The first-order valence-corrected chi connectivity index (χ1v) is 12.4. The standard InChI is InChI=1S/C22H30N4O2.C7H8/c1-5-6-20-13-19(8-7-16(20)2)15-24-11-12-25(17(3)14-24)22(28)26-10-9-21(23-26)18(4)27;1-7-5-3-2-4-6-7/h7-10,13,17,27H,4-6,11-12,14-15H2,1-3H3;2-6H,1H3. The van der Waals surface area contributed by atoms with E-state index in [2.05, 4.69) is 74.6 Å². The molecule has 1 aromatic heterocycles. The summed E-state index contributed by atoms with van der Waals surface area (Å²) in [5.74, 6) is -0.134. The molecule has 1 N–H and O–H groups in total. The lowest BCUT2D eigenvalue weighted by Gasteiger charge is -2.39. The van der Waals surface area contributed by atoms with E-state index in [0.29, 0.717) is 12.2 Å². The summed E-state index contributed by atoms with van der Waals surface area (Å²) in [6.07, 6.45) is 3.84. The van der Waals surface area contributed by atoms with E-state index in [1.54, 1.807) is 12.3 Å². The van der Waals surface area contributed by atoms with E-state index in [9.17, 15) is 9.90 Å². The predicted molar refractivity (Wildman–Crippen MR) is 142 cm³/mol. The molecule has 0 saturated carbocycles. The first kappa shape index (κ1) is 26.2. The van der Waals surface area contributed by atoms with E-state index < -0.39 is 0 Å². The van der Waals surface area contributed by atoms with Crippen LogP contribution in [0.5, 0.6) is 0 Å². The minimum Gasteiger partial charge on any atom is -0.506 e. The molecule has 0 spiro atoms. The molecule has 0 bridgehead atoms. The van der Waals surface area contributed by atoms with Gasteiger partial charge in [-0.3, -0.25) is 4.90 Å². The molecule has 1 aliphatic heterocycles. The van der Waals surface area contributed by atoms with Crippen LogP contribution in [0.2, 0.25) is 0 Å². The Morgan fingerprint density at radius 2 is 1.86 bits per heavy atom. The number of aliphatic hydroxyl groups excluding tert-OH is 1. The Balaban J connectivity index is 0.000000420. The molecule has 35 heavy (non-hydrogen) atoms. The van der Waals surface area contributed by atoms with Crippen LogP contribution in [0, 0.1) is 13.8 Å². The van der Waals surface area contributed by atoms with Crippen molar-refractivity contribution in [3.8, 4) is 0 Å². The van der Waals surface area contributed by atoms with Crippen molar-refractivity contribution in [1.82, 2.24) is 19.6 Å². The highest BCUT2D eigenvalue weighted by Crippen LogP contribution is 2.18. The molecule has 1 saturated heterocycles. The highest BCUT2D eigenvalue weighted by Gasteiger charge is 2.29. The maximum absolute atomic E-state index is 12.8. The minimum atomic E-state index is -0.166. The van der Waals surface area contributed by atoms with Crippen molar-refractivity contribution in [2.24, 2.45) is 0 Å². The zero-order valence-electron chi connectivity index (χ0n) is 21.4. The molecule has 6 heteroatoms. The van der Waals surface area contributed by atoms with E-state index >= 15 is 0 Å². The summed E-state index contributed by atoms with van der Waals surface area (Å²) in [5, 5.41) is 13.5. The van der Waals surface area contributed by atoms with Gasteiger partial charge in [0.15, 0.2) is 0 Å². The van der Waals surface area contributed by atoms with Crippen LogP contribution in [0.1, 0.15) is 48.2 Å². The van der Waals surface area contributed by atoms with E-state index in [1.807, 2.05) is 23.1 Å². The van der Waals surface area contributed by atoms with Crippen LogP contribution in [0.25, 0.3) is 5.76 Å². The monoisotopic (exact) mass is 474 g/mol. The second kappa shape index (κ2) is 12.4. The highest BCUT2D eigenvalue weighted by molar-refractivity contribution is 5.77. The van der Waals surface area contributed by atoms with Gasteiger partial charge in [-0.25, -0.2) is 4.79 Å². The third kappa shape index (κ3) is 7.30. The molecule has 1 atom stereocenters. The fraction of sp³-hybridized carbons (Fsp3) is 0.379. The lowest BCUT2D eigenvalue weighted by molar-refractivity contribution is 0.0967. The number of aromatic nitrogens is 2. The number of rotatable bonds is 5. The number of nitrogens with zero attached hydrogens (tertiary/aromatic N) is 4. The zero-order chi connectivity index (χ0) is 25.4. The van der Waals surface area contributed by atoms with Crippen LogP contribution in [-0.4, -0.2) is 56.4 Å². The smallest absolute Gasteiger partial charge is 0.344 e. The van der Waals surface area contributed by atoms with Gasteiger partial charge in [0.1, 0.15) is 11.5 Å². The van der Waals surface area contributed by atoms with Gasteiger partial charge >= 0.3 is 6.03 Å². The molecular formula is C29H38N4O2. The van der Waals surface area contributed by atoms with Crippen molar-refractivity contribution < 1.29 is 9.90 Å². The fourth-order valence-electron chi connectivity index (χ4n) is 4.33. The van der Waals surface area contributed by atoms with Crippen LogP contribution < -0.4 is 0 Å². The average molecular weight is 475 g/mol. The van der Waals surface area contributed by atoms with Crippen molar-refractivity contribution in [2.45, 2.75) is 53.1 Å². The number of hydrogen-bond acceptors (Lipinski definition) is 4. The number of aliphatic hydroxyl groups is 1. The predicted octanol–water partition coefficient (Wildman–Crippen LogP) is 5.84. The number of benzene rings is 2. The highest BCUT2D eigenvalue weighted by atomic mass is 16.3. The number of piperazine rings is 1. The van der Waals surface area contributed by atoms with Crippen molar-refractivity contribution in [3.63, 3.8) is 0 Å². The number of aryl methyl sites for hydroxylation is 3. The first-order chi connectivity index (χ1) is 16.8. The van der Waals surface area contributed by atoms with E-state index in [0.717, 1.165) is 32.5 Å². The fourth-order valence-corrected chi connectivity index (χ4v) is 4.33. The van der Waals surface area contributed by atoms with Gasteiger partial charge in [0.05, 0.1) is 0 Å². The molecule has 4 rings (SSSR count). The van der Waals surface area contributed by atoms with Gasteiger partial charge in [-0.2, -0.15) is 9.78 Å². The Hall–Kier alpha value is -3.38. The van der Waals surface area contributed by atoms with Crippen molar-refractivity contribution in [2.75, 3.05) is 19.6 Å². The molecule has 1 amide bonds. The summed E-state index contributed by atoms with van der Waals surface area (Å²) < 4.78 is 1.28. The van der Waals surface area contributed by atoms with Gasteiger partial charge in [-0.15, -0.1) is 0 Å².